The highest BCUT2D eigenvalue weighted by atomic mass is 19.3. The van der Waals surface area contributed by atoms with Crippen molar-refractivity contribution < 1.29 is 27.8 Å². The van der Waals surface area contributed by atoms with Gasteiger partial charge in [0, 0.05) is 13.6 Å². The maximum absolute atomic E-state index is 12.5. The first-order valence-electron chi connectivity index (χ1n) is 9.52. The molecule has 0 aliphatic rings. The Labute approximate surface area is 173 Å². The van der Waals surface area contributed by atoms with E-state index < -0.39 is 6.61 Å². The number of benzene rings is 3. The lowest BCUT2D eigenvalue weighted by molar-refractivity contribution is -0.132. The fourth-order valence-corrected chi connectivity index (χ4v) is 2.99. The van der Waals surface area contributed by atoms with Gasteiger partial charge in [0.15, 0.2) is 18.1 Å². The number of carbonyl (C=O) groups is 1. The van der Waals surface area contributed by atoms with E-state index in [0.29, 0.717) is 12.4 Å². The van der Waals surface area contributed by atoms with Crippen LogP contribution < -0.4 is 14.2 Å². The van der Waals surface area contributed by atoms with Crippen LogP contribution in [-0.4, -0.2) is 37.7 Å². The molecule has 0 saturated carbocycles. The molecule has 1 amide bonds. The van der Waals surface area contributed by atoms with E-state index >= 15 is 0 Å². The molecule has 0 spiro atoms. The Morgan fingerprint density at radius 2 is 1.73 bits per heavy atom. The minimum absolute atomic E-state index is 0.0378. The molecule has 0 saturated heterocycles. The van der Waals surface area contributed by atoms with Gasteiger partial charge < -0.3 is 19.1 Å². The molecule has 0 heterocycles. The van der Waals surface area contributed by atoms with Gasteiger partial charge in [-0.1, -0.05) is 36.4 Å². The number of likely N-dealkylation sites (N-methyl/N-ethyl adjacent to an activating group) is 1. The number of hydrogen-bond donors (Lipinski definition) is 0. The lowest BCUT2D eigenvalue weighted by Gasteiger charge is -2.19. The molecule has 5 nitrogen and oxygen atoms in total. The summed E-state index contributed by atoms with van der Waals surface area (Å²) < 4.78 is 40.5. The fourth-order valence-electron chi connectivity index (χ4n) is 2.99. The van der Waals surface area contributed by atoms with Crippen molar-refractivity contribution in [3.8, 4) is 17.2 Å². The summed E-state index contributed by atoms with van der Waals surface area (Å²) >= 11 is 0. The second-order valence-corrected chi connectivity index (χ2v) is 6.64. The highest BCUT2D eigenvalue weighted by Crippen LogP contribution is 2.30. The van der Waals surface area contributed by atoms with Gasteiger partial charge in [0.1, 0.15) is 5.75 Å². The van der Waals surface area contributed by atoms with Gasteiger partial charge >= 0.3 is 6.61 Å². The van der Waals surface area contributed by atoms with Crippen LogP contribution in [0, 0.1) is 0 Å². The second kappa shape index (κ2) is 9.91. The first-order valence-corrected chi connectivity index (χ1v) is 9.52. The van der Waals surface area contributed by atoms with Crippen LogP contribution in [0.4, 0.5) is 8.78 Å². The summed E-state index contributed by atoms with van der Waals surface area (Å²) in [7, 11) is 1.65. The molecule has 0 radical (unpaired) electrons. The van der Waals surface area contributed by atoms with E-state index in [1.807, 2.05) is 42.5 Å². The van der Waals surface area contributed by atoms with Gasteiger partial charge in [0.25, 0.3) is 5.91 Å². The summed E-state index contributed by atoms with van der Waals surface area (Å²) in [6, 6.07) is 18.2. The van der Waals surface area contributed by atoms with Crippen molar-refractivity contribution in [3.63, 3.8) is 0 Å². The highest BCUT2D eigenvalue weighted by Gasteiger charge is 2.15. The molecule has 158 valence electrons. The number of rotatable bonds is 9. The molecule has 3 rings (SSSR count). The van der Waals surface area contributed by atoms with Crippen molar-refractivity contribution in [1.82, 2.24) is 4.90 Å². The van der Waals surface area contributed by atoms with Crippen molar-refractivity contribution >= 4 is 16.7 Å². The molecule has 0 unspecified atom stereocenters. The summed E-state index contributed by atoms with van der Waals surface area (Å²) in [5, 5.41) is 2.13. The van der Waals surface area contributed by atoms with E-state index in [2.05, 4.69) is 4.74 Å². The van der Waals surface area contributed by atoms with Crippen LogP contribution in [-0.2, 0) is 11.3 Å². The van der Waals surface area contributed by atoms with E-state index in [9.17, 15) is 13.6 Å². The van der Waals surface area contributed by atoms with Crippen LogP contribution in [0.15, 0.2) is 60.7 Å². The van der Waals surface area contributed by atoms with Crippen molar-refractivity contribution in [3.05, 3.63) is 66.2 Å². The smallest absolute Gasteiger partial charge is 0.387 e. The number of halogens is 2. The molecule has 30 heavy (non-hydrogen) atoms. The third-order valence-corrected chi connectivity index (χ3v) is 4.45. The van der Waals surface area contributed by atoms with Crippen LogP contribution in [0.1, 0.15) is 12.5 Å². The van der Waals surface area contributed by atoms with E-state index in [0.717, 1.165) is 16.3 Å². The third kappa shape index (κ3) is 5.59. The predicted molar refractivity (Wildman–Crippen MR) is 110 cm³/mol. The summed E-state index contributed by atoms with van der Waals surface area (Å²) in [5.41, 5.74) is 0.724. The lowest BCUT2D eigenvalue weighted by atomic mass is 10.1. The summed E-state index contributed by atoms with van der Waals surface area (Å²) in [4.78, 5) is 14.0. The Bertz CT molecular complexity index is 1010. The lowest BCUT2D eigenvalue weighted by Crippen LogP contribution is -2.31. The SMILES string of the molecule is CCOc1cc(CN(C)C(=O)COc2ccc3ccccc3c2)ccc1OC(F)F. The number of carbonyl (C=O) groups excluding carboxylic acids is 1. The molecule has 0 aliphatic heterocycles. The number of ether oxygens (including phenoxy) is 3. The Balaban J connectivity index is 1.60. The maximum atomic E-state index is 12.5. The maximum Gasteiger partial charge on any atom is 0.387 e. The van der Waals surface area contributed by atoms with Crippen LogP contribution in [0.2, 0.25) is 0 Å². The molecule has 3 aromatic carbocycles. The number of nitrogens with zero attached hydrogens (tertiary/aromatic N) is 1. The monoisotopic (exact) mass is 415 g/mol. The van der Waals surface area contributed by atoms with Gasteiger partial charge in [0.2, 0.25) is 0 Å². The molecule has 0 aliphatic carbocycles. The molecule has 0 N–H and O–H groups in total. The fraction of sp³-hybridized carbons (Fsp3) is 0.261. The van der Waals surface area contributed by atoms with Crippen molar-refractivity contribution in [2.45, 2.75) is 20.1 Å². The largest absolute Gasteiger partial charge is 0.490 e. The van der Waals surface area contributed by atoms with E-state index in [4.69, 9.17) is 9.47 Å². The van der Waals surface area contributed by atoms with Gasteiger partial charge in [-0.3, -0.25) is 4.79 Å². The molecule has 7 heteroatoms. The average molecular weight is 415 g/mol. The van der Waals surface area contributed by atoms with Gasteiger partial charge in [-0.25, -0.2) is 0 Å². The zero-order chi connectivity index (χ0) is 21.5. The Morgan fingerprint density at radius 3 is 2.47 bits per heavy atom. The van der Waals surface area contributed by atoms with Crippen molar-refractivity contribution in [1.29, 1.82) is 0 Å². The first-order chi connectivity index (χ1) is 14.5. The van der Waals surface area contributed by atoms with Crippen LogP contribution in [0.3, 0.4) is 0 Å². The zero-order valence-electron chi connectivity index (χ0n) is 16.8. The summed E-state index contributed by atoms with van der Waals surface area (Å²) in [6.45, 7) is -0.725. The van der Waals surface area contributed by atoms with E-state index in [1.54, 1.807) is 26.1 Å². The summed E-state index contributed by atoms with van der Waals surface area (Å²) in [5.74, 6) is 0.574. The minimum Gasteiger partial charge on any atom is -0.490 e. The van der Waals surface area contributed by atoms with E-state index in [1.165, 1.54) is 11.0 Å². The second-order valence-electron chi connectivity index (χ2n) is 6.64. The number of hydrogen-bond acceptors (Lipinski definition) is 4. The molecule has 3 aromatic rings. The first kappa shape index (κ1) is 21.4. The van der Waals surface area contributed by atoms with Gasteiger partial charge in [-0.2, -0.15) is 8.78 Å². The summed E-state index contributed by atoms with van der Waals surface area (Å²) in [6.07, 6.45) is 0. The standard InChI is InChI=1S/C23H23F2NO4/c1-3-28-21-12-16(8-11-20(21)30-23(24)25)14-26(2)22(27)15-29-19-10-9-17-6-4-5-7-18(17)13-19/h4-13,23H,3,14-15H2,1-2H3. The molecule has 0 bridgehead atoms. The topological polar surface area (TPSA) is 48.0 Å². The van der Waals surface area contributed by atoms with Gasteiger partial charge in [0.05, 0.1) is 6.61 Å². The van der Waals surface area contributed by atoms with E-state index in [-0.39, 0.29) is 30.6 Å². The Morgan fingerprint density at radius 1 is 0.967 bits per heavy atom. The van der Waals surface area contributed by atoms with Gasteiger partial charge in [-0.15, -0.1) is 0 Å². The van der Waals surface area contributed by atoms with Crippen LogP contribution in [0.25, 0.3) is 10.8 Å². The van der Waals surface area contributed by atoms with Gasteiger partial charge in [-0.05, 0) is 47.5 Å². The molecule has 0 aromatic heterocycles. The Hall–Kier alpha value is -3.35. The van der Waals surface area contributed by atoms with Crippen LogP contribution in [0.5, 0.6) is 17.2 Å². The molecular weight excluding hydrogens is 392 g/mol. The quantitative estimate of drug-likeness (QED) is 0.500. The van der Waals surface area contributed by atoms with Crippen LogP contribution >= 0.6 is 0 Å². The average Bonchev–Trinajstić information content (AvgIpc) is 2.73. The van der Waals surface area contributed by atoms with Crippen molar-refractivity contribution in [2.24, 2.45) is 0 Å². The molecule has 0 atom stereocenters. The zero-order valence-corrected chi connectivity index (χ0v) is 16.8. The molecular formula is C23H23F2NO4. The molecule has 0 fully saturated rings. The Kier molecular flexibility index (Phi) is 7.06. The predicted octanol–water partition coefficient (Wildman–Crippen LogP) is 4.88. The minimum atomic E-state index is -2.94. The normalized spacial score (nSPS) is 10.8. The highest BCUT2D eigenvalue weighted by molar-refractivity contribution is 5.84. The third-order valence-electron chi connectivity index (χ3n) is 4.45. The number of amides is 1. The number of fused-ring (bicyclic) bond motifs is 1. The van der Waals surface area contributed by atoms with Crippen molar-refractivity contribution in [2.75, 3.05) is 20.3 Å². The number of alkyl halides is 2.